The summed E-state index contributed by atoms with van der Waals surface area (Å²) in [4.78, 5) is 9.20. The van der Waals surface area contributed by atoms with Gasteiger partial charge in [-0.3, -0.25) is 4.98 Å². The second-order valence-electron chi connectivity index (χ2n) is 6.03. The molecule has 0 unspecified atom stereocenters. The van der Waals surface area contributed by atoms with E-state index in [0.29, 0.717) is 11.7 Å². The van der Waals surface area contributed by atoms with Crippen molar-refractivity contribution in [2.75, 3.05) is 25.9 Å². The Morgan fingerprint density at radius 3 is 3.00 bits per heavy atom. The number of nitrogens with zero attached hydrogens (tertiary/aromatic N) is 4. The van der Waals surface area contributed by atoms with Crippen LogP contribution in [0, 0.1) is 0 Å². The molecule has 3 aromatic heterocycles. The van der Waals surface area contributed by atoms with Crippen molar-refractivity contribution in [2.45, 2.75) is 18.8 Å². The van der Waals surface area contributed by atoms with Crippen LogP contribution in [0.3, 0.4) is 0 Å². The molecule has 0 bridgehead atoms. The molecule has 1 atom stereocenters. The summed E-state index contributed by atoms with van der Waals surface area (Å²) in [6.07, 6.45) is 7.64. The zero-order valence-electron chi connectivity index (χ0n) is 13.6. The van der Waals surface area contributed by atoms with Crippen LogP contribution in [0.4, 0.5) is 5.82 Å². The largest absolute Gasteiger partial charge is 0.495 e. The molecular weight excluding hydrogens is 304 g/mol. The monoisotopic (exact) mass is 324 g/mol. The van der Waals surface area contributed by atoms with Crippen molar-refractivity contribution in [3.63, 3.8) is 0 Å². The highest BCUT2D eigenvalue weighted by atomic mass is 16.5. The van der Waals surface area contributed by atoms with Crippen molar-refractivity contribution >= 4 is 11.3 Å². The highest BCUT2D eigenvalue weighted by Gasteiger charge is 2.20. The number of hydrogen-bond donors (Lipinski definition) is 2. The van der Waals surface area contributed by atoms with Gasteiger partial charge in [-0.1, -0.05) is 0 Å². The fraction of sp³-hybridized carbons (Fsp3) is 0.353. The fourth-order valence-electron chi connectivity index (χ4n) is 3.23. The molecule has 7 heteroatoms. The van der Waals surface area contributed by atoms with Gasteiger partial charge in [0.05, 0.1) is 42.6 Å². The lowest BCUT2D eigenvalue weighted by Crippen LogP contribution is -2.29. The van der Waals surface area contributed by atoms with Gasteiger partial charge in [0.2, 0.25) is 0 Å². The van der Waals surface area contributed by atoms with Crippen LogP contribution in [-0.4, -0.2) is 39.8 Å². The first-order valence-electron chi connectivity index (χ1n) is 8.11. The van der Waals surface area contributed by atoms with E-state index in [4.69, 9.17) is 10.5 Å². The molecule has 0 radical (unpaired) electrons. The van der Waals surface area contributed by atoms with Gasteiger partial charge in [0, 0.05) is 18.0 Å². The second kappa shape index (κ2) is 6.09. The summed E-state index contributed by atoms with van der Waals surface area (Å²) in [5.74, 6) is 1.60. The van der Waals surface area contributed by atoms with E-state index >= 15 is 0 Å². The van der Waals surface area contributed by atoms with E-state index in [1.54, 1.807) is 24.0 Å². The summed E-state index contributed by atoms with van der Waals surface area (Å²) in [6, 6.07) is 3.86. The Hall–Kier alpha value is -2.67. The molecule has 0 spiro atoms. The van der Waals surface area contributed by atoms with Gasteiger partial charge in [0.15, 0.2) is 0 Å². The number of fused-ring (bicyclic) bond motifs is 1. The lowest BCUT2D eigenvalue weighted by molar-refractivity contribution is 0.411. The molecule has 1 aliphatic heterocycles. The molecule has 3 aromatic rings. The zero-order chi connectivity index (χ0) is 16.5. The van der Waals surface area contributed by atoms with Gasteiger partial charge in [-0.05, 0) is 31.5 Å². The molecule has 0 amide bonds. The summed E-state index contributed by atoms with van der Waals surface area (Å²) in [5, 5.41) is 7.75. The molecule has 1 fully saturated rings. The van der Waals surface area contributed by atoms with E-state index in [1.807, 2.05) is 18.3 Å². The Balaban J connectivity index is 1.70. The van der Waals surface area contributed by atoms with Gasteiger partial charge in [-0.2, -0.15) is 5.10 Å². The standard InChI is InChI=1S/C17H20N6O/c1-24-12-4-5-15-13(8-21-23(15)10-12)14-9-20-16(17(18)22-14)11-3-2-6-19-7-11/h4-5,8-11,19H,2-3,6-7H2,1H3,(H2,18,22)/t11-/m1/s1. The number of rotatable bonds is 3. The molecule has 1 aliphatic rings. The Morgan fingerprint density at radius 1 is 1.33 bits per heavy atom. The lowest BCUT2D eigenvalue weighted by atomic mass is 9.96. The van der Waals surface area contributed by atoms with Crippen LogP contribution in [0.1, 0.15) is 24.5 Å². The summed E-state index contributed by atoms with van der Waals surface area (Å²) >= 11 is 0. The molecule has 4 rings (SSSR count). The number of methoxy groups -OCH3 is 1. The number of nitrogen functional groups attached to an aromatic ring is 1. The van der Waals surface area contributed by atoms with Gasteiger partial charge in [0.1, 0.15) is 11.6 Å². The maximum absolute atomic E-state index is 6.20. The third-order valence-corrected chi connectivity index (χ3v) is 4.51. The predicted molar refractivity (Wildman–Crippen MR) is 92.0 cm³/mol. The van der Waals surface area contributed by atoms with E-state index in [9.17, 15) is 0 Å². The topological polar surface area (TPSA) is 90.4 Å². The Bertz CT molecular complexity index is 869. The van der Waals surface area contributed by atoms with Gasteiger partial charge in [0.25, 0.3) is 0 Å². The normalized spacial score (nSPS) is 18.0. The highest BCUT2D eigenvalue weighted by molar-refractivity contribution is 5.78. The van der Waals surface area contributed by atoms with Gasteiger partial charge in [-0.25, -0.2) is 9.50 Å². The van der Waals surface area contributed by atoms with Crippen LogP contribution in [-0.2, 0) is 0 Å². The number of pyridine rings is 1. The van der Waals surface area contributed by atoms with Crippen molar-refractivity contribution in [1.29, 1.82) is 0 Å². The van der Waals surface area contributed by atoms with Crippen LogP contribution in [0.15, 0.2) is 30.7 Å². The number of hydrogen-bond acceptors (Lipinski definition) is 6. The van der Waals surface area contributed by atoms with E-state index in [0.717, 1.165) is 54.1 Å². The van der Waals surface area contributed by atoms with Gasteiger partial charge < -0.3 is 15.8 Å². The molecular formula is C17H20N6O. The van der Waals surface area contributed by atoms with E-state index in [2.05, 4.69) is 20.4 Å². The molecule has 1 saturated heterocycles. The first-order chi connectivity index (χ1) is 11.8. The number of aromatic nitrogens is 4. The van der Waals surface area contributed by atoms with Crippen LogP contribution in [0.2, 0.25) is 0 Å². The second-order valence-corrected chi connectivity index (χ2v) is 6.03. The minimum absolute atomic E-state index is 0.341. The minimum atomic E-state index is 0.341. The highest BCUT2D eigenvalue weighted by Crippen LogP contribution is 2.29. The molecule has 24 heavy (non-hydrogen) atoms. The smallest absolute Gasteiger partial charge is 0.146 e. The number of nitrogens with one attached hydrogen (secondary N) is 1. The molecule has 0 aromatic carbocycles. The van der Waals surface area contributed by atoms with E-state index in [1.165, 1.54) is 0 Å². The zero-order valence-corrected chi connectivity index (χ0v) is 13.6. The molecule has 0 aliphatic carbocycles. The van der Waals surface area contributed by atoms with Crippen LogP contribution in [0.25, 0.3) is 16.8 Å². The van der Waals surface area contributed by atoms with Crippen LogP contribution >= 0.6 is 0 Å². The van der Waals surface area contributed by atoms with E-state index < -0.39 is 0 Å². The molecule has 0 saturated carbocycles. The number of piperidine rings is 1. The third-order valence-electron chi connectivity index (χ3n) is 4.51. The van der Waals surface area contributed by atoms with Gasteiger partial charge in [-0.15, -0.1) is 0 Å². The maximum atomic E-state index is 6.20. The molecule has 4 heterocycles. The number of anilines is 1. The molecule has 124 valence electrons. The quantitative estimate of drug-likeness (QED) is 0.764. The summed E-state index contributed by atoms with van der Waals surface area (Å²) in [7, 11) is 1.64. The minimum Gasteiger partial charge on any atom is -0.495 e. The number of ether oxygens (including phenoxy) is 1. The molecule has 7 nitrogen and oxygen atoms in total. The lowest BCUT2D eigenvalue weighted by Gasteiger charge is -2.22. The number of nitrogens with two attached hydrogens (primary N) is 1. The van der Waals surface area contributed by atoms with Crippen molar-refractivity contribution in [1.82, 2.24) is 24.9 Å². The maximum Gasteiger partial charge on any atom is 0.146 e. The fourth-order valence-corrected chi connectivity index (χ4v) is 3.23. The van der Waals surface area contributed by atoms with Crippen molar-refractivity contribution in [3.05, 3.63) is 36.4 Å². The van der Waals surface area contributed by atoms with E-state index in [-0.39, 0.29) is 0 Å². The van der Waals surface area contributed by atoms with Crippen molar-refractivity contribution in [3.8, 4) is 17.0 Å². The Morgan fingerprint density at radius 2 is 2.25 bits per heavy atom. The van der Waals surface area contributed by atoms with Crippen molar-refractivity contribution in [2.24, 2.45) is 0 Å². The average Bonchev–Trinajstić information content (AvgIpc) is 3.05. The average molecular weight is 324 g/mol. The summed E-state index contributed by atoms with van der Waals surface area (Å²) in [6.45, 7) is 1.97. The first-order valence-corrected chi connectivity index (χ1v) is 8.11. The van der Waals surface area contributed by atoms with Crippen LogP contribution < -0.4 is 15.8 Å². The van der Waals surface area contributed by atoms with Crippen LogP contribution in [0.5, 0.6) is 5.75 Å². The summed E-state index contributed by atoms with van der Waals surface area (Å²) < 4.78 is 6.99. The Kier molecular flexibility index (Phi) is 3.78. The molecule has 3 N–H and O–H groups in total. The van der Waals surface area contributed by atoms with Crippen molar-refractivity contribution < 1.29 is 4.74 Å². The predicted octanol–water partition coefficient (Wildman–Crippen LogP) is 1.85. The SMILES string of the molecule is COc1ccc2c(-c3cnc([C@@H]4CCCNC4)c(N)n3)cnn2c1. The third kappa shape index (κ3) is 2.56. The van der Waals surface area contributed by atoms with Gasteiger partial charge >= 0.3 is 0 Å². The Labute approximate surface area is 139 Å². The summed E-state index contributed by atoms with van der Waals surface area (Å²) in [5.41, 5.74) is 9.68. The first kappa shape index (κ1) is 14.9.